The van der Waals surface area contributed by atoms with Gasteiger partial charge in [0.15, 0.2) is 17.6 Å². The van der Waals surface area contributed by atoms with E-state index >= 15 is 0 Å². The molecule has 0 aliphatic rings. The minimum absolute atomic E-state index is 0.00982. The molecule has 107 heavy (non-hydrogen) atoms. The van der Waals surface area contributed by atoms with Crippen LogP contribution in [0, 0.1) is 46.4 Å². The van der Waals surface area contributed by atoms with Crippen LogP contribution in [0.5, 0.6) is 5.75 Å². The third-order valence-electron chi connectivity index (χ3n) is 15.0. The minimum atomic E-state index is -1.85. The monoisotopic (exact) mass is 1530 g/mol. The van der Waals surface area contributed by atoms with Gasteiger partial charge in [-0.15, -0.1) is 0 Å². The van der Waals surface area contributed by atoms with Gasteiger partial charge in [-0.05, 0) is 95.2 Å². The largest absolute Gasteiger partial charge is 0.481 e. The number of carbonyl (C=O) groups excluding carboxylic acids is 12. The number of guanidine groups is 1. The Morgan fingerprint density at radius 2 is 1.01 bits per heavy atom. The second-order valence-electron chi connectivity index (χ2n) is 26.2. The number of nitrogens with two attached hydrogens (primary N) is 2. The van der Waals surface area contributed by atoms with Crippen molar-refractivity contribution >= 4 is 88.7 Å². The molecule has 2 aromatic carbocycles. The number of hydrogen-bond donors (Lipinski definition) is 16. The molecule has 0 unspecified atom stereocenters. The molecule has 600 valence electrons. The van der Waals surface area contributed by atoms with E-state index in [0.29, 0.717) is 5.69 Å². The van der Waals surface area contributed by atoms with Gasteiger partial charge in [-0.2, -0.15) is 8.78 Å². The maximum Gasteiger partial charge on any atom is 0.313 e. The Morgan fingerprint density at radius 1 is 0.533 bits per heavy atom. The highest BCUT2D eigenvalue weighted by Gasteiger charge is 2.38. The van der Waals surface area contributed by atoms with E-state index in [9.17, 15) is 85.0 Å². The predicted molar refractivity (Wildman–Crippen MR) is 377 cm³/mol. The molecule has 0 saturated carbocycles. The number of anilines is 1. The Morgan fingerprint density at radius 3 is 1.51 bits per heavy atom. The average molecular weight is 1530 g/mol. The lowest BCUT2D eigenvalue weighted by molar-refractivity contribution is -0.141. The van der Waals surface area contributed by atoms with Crippen molar-refractivity contribution in [1.82, 2.24) is 58.5 Å². The topological polar surface area (TPSA) is 518 Å². The number of carbonyl (C=O) groups is 13. The van der Waals surface area contributed by atoms with Gasteiger partial charge in [-0.3, -0.25) is 62.9 Å². The third kappa shape index (κ3) is 37.8. The smallest absolute Gasteiger partial charge is 0.313 e. The molecule has 35 nitrogen and oxygen atoms in total. The average Bonchev–Trinajstić information content (AvgIpc) is 0.822. The summed E-state index contributed by atoms with van der Waals surface area (Å²) in [5, 5.41) is 47.4. The molecule has 0 radical (unpaired) electrons. The lowest BCUT2D eigenvalue weighted by Gasteiger charge is -2.31. The highest BCUT2D eigenvalue weighted by atomic mass is 19.2. The Kier molecular flexibility index (Phi) is 42.8. The van der Waals surface area contributed by atoms with Gasteiger partial charge in [0, 0.05) is 30.4 Å². The van der Waals surface area contributed by atoms with Gasteiger partial charge in [0.05, 0.1) is 85.5 Å². The second kappa shape index (κ2) is 49.1. The van der Waals surface area contributed by atoms with Crippen LogP contribution >= 0.6 is 0 Å². The molecule has 0 aliphatic heterocycles. The van der Waals surface area contributed by atoms with Crippen LogP contribution in [0.4, 0.5) is 28.0 Å². The number of aliphatic carboxylic acids is 1. The van der Waals surface area contributed by atoms with E-state index < -0.39 is 179 Å². The lowest BCUT2D eigenvalue weighted by atomic mass is 9.98. The SMILES string of the molecule is CC[C@H](NC(=O)[C@H](C)NC(=O)[C@H](CC(C)C)NC(=O)[C@H](CC(=O)O)NC(=O)CNC(=O)c1cccc(NC(=N)N)c1)C(=O)N[C@@H](CC(C)C)C(=O)N[C@@H](CCCNC(N)=O)C(=O)NC(C)(C)C(=O)N[C@@H](CC(C)C)C(=O)NCCOCCOCCOCCOCCOCCC(=O)Oc1c(F)c(F)cc(F)c1F. The Hall–Kier alpha value is -9.86. The molecule has 0 heterocycles. The second-order valence-corrected chi connectivity index (χ2v) is 26.2. The van der Waals surface area contributed by atoms with Crippen LogP contribution in [0.25, 0.3) is 0 Å². The van der Waals surface area contributed by atoms with Gasteiger partial charge in [-0.25, -0.2) is 13.6 Å². The summed E-state index contributed by atoms with van der Waals surface area (Å²) in [6, 6.07) is -4.73. The van der Waals surface area contributed by atoms with Gasteiger partial charge >= 0.3 is 18.0 Å². The molecule has 2 rings (SSSR count). The van der Waals surface area contributed by atoms with Crippen LogP contribution in [0.15, 0.2) is 30.3 Å². The highest BCUT2D eigenvalue weighted by molar-refractivity contribution is 6.01. The first kappa shape index (κ1) is 93.2. The first-order chi connectivity index (χ1) is 50.3. The number of carboxylic acids is 1. The van der Waals surface area contributed by atoms with Crippen LogP contribution in [0.2, 0.25) is 0 Å². The number of carboxylic acid groups (broad SMARTS) is 1. The zero-order valence-electron chi connectivity index (χ0n) is 61.9. The van der Waals surface area contributed by atoms with E-state index in [1.807, 2.05) is 13.8 Å². The number of urea groups is 1. The standard InChI is InChI=1S/C68H105F4N15O20/c1-11-45(82-57(92)40(8)79-61(96)48(31-38(4)5)85-63(98)50(35-52(89)90)81-51(88)36-78-58(93)41-14-12-15-42(33-41)80-66(73)74)60(95)84-49(32-39(6)7)62(97)83-46(16-13-18-77-67(75)101)64(99)87-68(9,10)65(100)86-47(30-37(2)3)59(94)76-19-21-103-23-25-105-27-29-106-28-26-104-24-22-102-20-17-53(91)107-56-54(71)43(69)34-44(70)55(56)72/h12,14-15,33-34,37-40,45-50H,11,13,16-32,35-36H2,1-10H3,(H,76,94)(H,78,93)(H,79,96)(H,81,88)(H,82,92)(H,83,97)(H,84,95)(H,85,98)(H,86,100)(H,87,99)(H,89,90)(H4,73,74,80)(H3,75,77,101)/t40-,45-,46-,47-,48-,49-,50-/m0/s1. The molecule has 39 heteroatoms. The molecular formula is C68H105F4N15O20. The number of amides is 12. The summed E-state index contributed by atoms with van der Waals surface area (Å²) in [4.78, 5) is 172. The minimum Gasteiger partial charge on any atom is -0.481 e. The molecular weight excluding hydrogens is 1420 g/mol. The number of esters is 1. The lowest BCUT2D eigenvalue weighted by Crippen LogP contribution is -2.63. The molecule has 0 saturated heterocycles. The maximum atomic E-state index is 14.3. The maximum absolute atomic E-state index is 14.3. The van der Waals surface area contributed by atoms with Gasteiger partial charge in [0.25, 0.3) is 5.91 Å². The fourth-order valence-electron chi connectivity index (χ4n) is 9.63. The normalized spacial score (nSPS) is 13.2. The van der Waals surface area contributed by atoms with Crippen molar-refractivity contribution in [2.24, 2.45) is 29.2 Å². The zero-order valence-corrected chi connectivity index (χ0v) is 61.9. The number of nitrogens with one attached hydrogen (secondary N) is 13. The number of halogens is 4. The number of rotatable bonds is 52. The molecule has 7 atom stereocenters. The third-order valence-corrected chi connectivity index (χ3v) is 15.0. The predicted octanol–water partition coefficient (Wildman–Crippen LogP) is 0.253. The van der Waals surface area contributed by atoms with Gasteiger partial charge < -0.3 is 109 Å². The van der Waals surface area contributed by atoms with E-state index in [0.717, 1.165) is 0 Å². The van der Waals surface area contributed by atoms with E-state index in [2.05, 4.69) is 68.5 Å². The van der Waals surface area contributed by atoms with E-state index in [4.69, 9.17) is 40.6 Å². The van der Waals surface area contributed by atoms with Crippen molar-refractivity contribution in [1.29, 1.82) is 5.41 Å². The van der Waals surface area contributed by atoms with E-state index in [-0.39, 0.29) is 147 Å². The summed E-state index contributed by atoms with van der Waals surface area (Å²) in [5.74, 6) is -20.7. The van der Waals surface area contributed by atoms with Crippen LogP contribution in [-0.4, -0.2) is 222 Å². The summed E-state index contributed by atoms with van der Waals surface area (Å²) in [7, 11) is 0. The molecule has 18 N–H and O–H groups in total. The number of benzene rings is 2. The van der Waals surface area contributed by atoms with Gasteiger partial charge in [0.2, 0.25) is 70.5 Å². The molecule has 12 amide bonds. The van der Waals surface area contributed by atoms with Crippen molar-refractivity contribution in [3.8, 4) is 5.75 Å². The van der Waals surface area contributed by atoms with Crippen molar-refractivity contribution < 1.29 is 113 Å². The Bertz CT molecular complexity index is 3290. The number of hydrogen-bond acceptors (Lipinski definition) is 20. The Balaban J connectivity index is 1.98. The molecule has 0 fully saturated rings. The summed E-state index contributed by atoms with van der Waals surface area (Å²) in [6.07, 6.45) is -1.33. The van der Waals surface area contributed by atoms with Gasteiger partial charge in [0.1, 0.15) is 47.8 Å². The molecule has 0 aliphatic carbocycles. The quantitative estimate of drug-likeness (QED) is 0.00803. The van der Waals surface area contributed by atoms with Crippen LogP contribution in [-0.2, 0) is 76.4 Å². The van der Waals surface area contributed by atoms with E-state index in [1.165, 1.54) is 45.0 Å². The van der Waals surface area contributed by atoms with Crippen LogP contribution in [0.3, 0.4) is 0 Å². The van der Waals surface area contributed by atoms with Crippen molar-refractivity contribution in [3.05, 3.63) is 59.2 Å². The van der Waals surface area contributed by atoms with Crippen molar-refractivity contribution in [2.75, 3.05) is 91.0 Å². The van der Waals surface area contributed by atoms with Gasteiger partial charge in [-0.1, -0.05) is 54.5 Å². The van der Waals surface area contributed by atoms with Crippen LogP contribution < -0.4 is 80.0 Å². The summed E-state index contributed by atoms with van der Waals surface area (Å²) in [5.41, 5.74) is 9.26. The zero-order chi connectivity index (χ0) is 80.5. The van der Waals surface area contributed by atoms with Crippen molar-refractivity contribution in [2.45, 2.75) is 168 Å². The first-order valence-electron chi connectivity index (χ1n) is 34.7. The molecule has 0 aromatic heterocycles. The van der Waals surface area contributed by atoms with Crippen molar-refractivity contribution in [3.63, 3.8) is 0 Å². The number of ether oxygens (including phenoxy) is 6. The van der Waals surface area contributed by atoms with E-state index in [1.54, 1.807) is 34.6 Å². The number of primary amides is 1. The first-order valence-corrected chi connectivity index (χ1v) is 34.7. The Labute approximate surface area is 617 Å². The summed E-state index contributed by atoms with van der Waals surface area (Å²) < 4.78 is 85.5. The summed E-state index contributed by atoms with van der Waals surface area (Å²) in [6.45, 7) is 16.7. The summed E-state index contributed by atoms with van der Waals surface area (Å²) >= 11 is 0. The molecule has 0 bridgehead atoms. The fourth-order valence-corrected chi connectivity index (χ4v) is 9.63. The highest BCUT2D eigenvalue weighted by Crippen LogP contribution is 2.27. The van der Waals surface area contributed by atoms with Crippen LogP contribution in [0.1, 0.15) is 131 Å². The molecule has 2 aromatic rings. The molecule has 0 spiro atoms. The fraction of sp³-hybridized carbons (Fsp3) is 0.618.